The number of fused-ring (bicyclic) bond motifs is 3. The van der Waals surface area contributed by atoms with Crippen molar-refractivity contribution in [1.82, 2.24) is 40.4 Å². The summed E-state index contributed by atoms with van der Waals surface area (Å²) < 4.78 is 22.3. The van der Waals surface area contributed by atoms with Gasteiger partial charge in [0.05, 0.1) is 17.4 Å². The monoisotopic (exact) mass is 480 g/mol. The van der Waals surface area contributed by atoms with E-state index in [9.17, 15) is 9.59 Å². The lowest BCUT2D eigenvalue weighted by Crippen LogP contribution is -2.31. The van der Waals surface area contributed by atoms with E-state index < -0.39 is 12.9 Å². The van der Waals surface area contributed by atoms with Gasteiger partial charge in [-0.15, -0.1) is 10.2 Å². The van der Waals surface area contributed by atoms with Gasteiger partial charge in [0.25, 0.3) is 5.91 Å². The van der Waals surface area contributed by atoms with Gasteiger partial charge in [0.15, 0.2) is 17.3 Å². The number of rotatable bonds is 4. The zero-order valence-corrected chi connectivity index (χ0v) is 20.0. The molecule has 13 heteroatoms. The van der Waals surface area contributed by atoms with Gasteiger partial charge in [-0.3, -0.25) is 9.69 Å². The van der Waals surface area contributed by atoms with Crippen LogP contribution in [0.2, 0.25) is 0 Å². The zero-order chi connectivity index (χ0) is 27.5. The molecule has 0 saturated carbocycles. The average Bonchev–Trinajstić information content (AvgIpc) is 3.38. The van der Waals surface area contributed by atoms with E-state index in [1.807, 2.05) is 37.2 Å². The van der Waals surface area contributed by atoms with E-state index in [2.05, 4.69) is 30.7 Å². The third-order valence-corrected chi connectivity index (χ3v) is 6.30. The molecule has 0 unspecified atom stereocenters. The number of hydrogen-bond donors (Lipinski definition) is 2. The first kappa shape index (κ1) is 19.1. The highest BCUT2D eigenvalue weighted by Crippen LogP contribution is 2.46. The molecular formula is C22H27N11O2. The predicted molar refractivity (Wildman–Crippen MR) is 130 cm³/mol. The number of aryl methyl sites for hydroxylation is 2. The van der Waals surface area contributed by atoms with Gasteiger partial charge in [-0.05, 0) is 19.9 Å². The van der Waals surface area contributed by atoms with E-state index >= 15 is 0 Å². The van der Waals surface area contributed by atoms with Gasteiger partial charge in [0.1, 0.15) is 11.4 Å². The summed E-state index contributed by atoms with van der Waals surface area (Å²) in [5.74, 6) is -0.333. The minimum absolute atomic E-state index is 0.126. The molecule has 2 N–H and O–H groups in total. The Hall–Kier alpha value is -4.29. The summed E-state index contributed by atoms with van der Waals surface area (Å²) in [5, 5.41) is 22.3. The van der Waals surface area contributed by atoms with E-state index in [4.69, 9.17) is 4.11 Å². The molecule has 5 rings (SSSR count). The zero-order valence-electron chi connectivity index (χ0n) is 23.0. The highest BCUT2D eigenvalue weighted by atomic mass is 16.2. The Labute approximate surface area is 206 Å². The van der Waals surface area contributed by atoms with Crippen molar-refractivity contribution in [3.05, 3.63) is 29.2 Å². The number of pyridine rings is 1. The number of hydrogen-bond acceptors (Lipinski definition) is 9. The first-order valence-corrected chi connectivity index (χ1v) is 11.0. The molecule has 0 aromatic carbocycles. The Morgan fingerprint density at radius 1 is 1.17 bits per heavy atom. The highest BCUT2D eigenvalue weighted by molar-refractivity contribution is 6.00. The number of amides is 3. The molecule has 0 radical (unpaired) electrons. The van der Waals surface area contributed by atoms with Crippen molar-refractivity contribution in [2.24, 2.45) is 7.05 Å². The van der Waals surface area contributed by atoms with Gasteiger partial charge in [0, 0.05) is 62.6 Å². The SMILES string of the molecule is [2H]C([2H])([2H])NC(=O)c1nnc(N2CCN(C)C2=O)cc1Nc1nc(C)cc2c1N(C)[C@@H](C)c1nn(C)nc1-2. The molecule has 2 aliphatic heterocycles. The summed E-state index contributed by atoms with van der Waals surface area (Å²) in [6, 6.07) is 3.01. The number of anilines is 4. The van der Waals surface area contributed by atoms with Gasteiger partial charge in [-0.25, -0.2) is 9.78 Å². The maximum Gasteiger partial charge on any atom is 0.325 e. The Balaban J connectivity index is 1.64. The third-order valence-electron chi connectivity index (χ3n) is 6.30. The maximum absolute atomic E-state index is 12.9. The molecule has 0 bridgehead atoms. The largest absolute Gasteiger partial charge is 0.363 e. The second kappa shape index (κ2) is 8.18. The Morgan fingerprint density at radius 2 is 1.97 bits per heavy atom. The number of nitrogens with one attached hydrogen (secondary N) is 2. The molecule has 3 amide bonds. The van der Waals surface area contributed by atoms with Gasteiger partial charge in [-0.2, -0.15) is 15.0 Å². The lowest BCUT2D eigenvalue weighted by atomic mass is 9.98. The summed E-state index contributed by atoms with van der Waals surface area (Å²) in [5.41, 5.74) is 3.63. The Kier molecular flexibility index (Phi) is 4.46. The first-order valence-electron chi connectivity index (χ1n) is 12.5. The normalized spacial score (nSPS) is 18.5. The fourth-order valence-electron chi connectivity index (χ4n) is 4.39. The van der Waals surface area contributed by atoms with Crippen LogP contribution in [-0.4, -0.2) is 81.2 Å². The molecule has 0 aliphatic carbocycles. The molecule has 5 heterocycles. The van der Waals surface area contributed by atoms with E-state index in [-0.39, 0.29) is 29.3 Å². The van der Waals surface area contributed by atoms with Crippen molar-refractivity contribution < 1.29 is 13.7 Å². The lowest BCUT2D eigenvalue weighted by molar-refractivity contribution is 0.0958. The summed E-state index contributed by atoms with van der Waals surface area (Å²) >= 11 is 0. The maximum atomic E-state index is 12.9. The van der Waals surface area contributed by atoms with Crippen molar-refractivity contribution >= 4 is 34.9 Å². The smallest absolute Gasteiger partial charge is 0.325 e. The lowest BCUT2D eigenvalue weighted by Gasteiger charge is -2.33. The first-order chi connectivity index (χ1) is 17.8. The van der Waals surface area contributed by atoms with Gasteiger partial charge < -0.3 is 20.4 Å². The third kappa shape index (κ3) is 3.59. The van der Waals surface area contributed by atoms with Gasteiger partial charge in [-0.1, -0.05) is 0 Å². The minimum atomic E-state index is -2.74. The van der Waals surface area contributed by atoms with E-state index in [0.717, 1.165) is 17.0 Å². The van der Waals surface area contributed by atoms with Crippen LogP contribution in [0.15, 0.2) is 12.1 Å². The van der Waals surface area contributed by atoms with Crippen molar-refractivity contribution in [3.63, 3.8) is 0 Å². The molecule has 3 aromatic rings. The number of nitrogens with zero attached hydrogens (tertiary/aromatic N) is 9. The van der Waals surface area contributed by atoms with Crippen LogP contribution in [0.5, 0.6) is 0 Å². The topological polar surface area (TPSA) is 137 Å². The average molecular weight is 481 g/mol. The number of carbonyl (C=O) groups is 2. The standard InChI is InChI=1S/C22H27N11O2/c1-11-9-13-17-16(28-32(6)29-17)12(2)31(5)19(13)20(24-11)25-14-10-15(26-27-18(14)21(34)23-3)33-8-7-30(4)22(33)35/h9-10,12H,7-8H2,1-6H3,(H,23,34)(H,24,25,26)/t12-/m0/s1/i3D3. The molecule has 3 aromatic heterocycles. The fourth-order valence-corrected chi connectivity index (χ4v) is 4.39. The van der Waals surface area contributed by atoms with E-state index in [0.29, 0.717) is 30.3 Å². The molecule has 13 nitrogen and oxygen atoms in total. The number of aromatic nitrogens is 6. The predicted octanol–water partition coefficient (Wildman–Crippen LogP) is 1.46. The Morgan fingerprint density at radius 3 is 2.69 bits per heavy atom. The van der Waals surface area contributed by atoms with Crippen LogP contribution in [0.1, 0.15) is 39.0 Å². The second-order valence-corrected chi connectivity index (χ2v) is 8.62. The van der Waals surface area contributed by atoms with Crippen LogP contribution >= 0.6 is 0 Å². The molecule has 1 saturated heterocycles. The molecular weight excluding hydrogens is 450 g/mol. The quantitative estimate of drug-likeness (QED) is 0.568. The van der Waals surface area contributed by atoms with E-state index in [1.54, 1.807) is 14.1 Å². The number of urea groups is 1. The van der Waals surface area contributed by atoms with E-state index in [1.165, 1.54) is 20.7 Å². The molecule has 35 heavy (non-hydrogen) atoms. The summed E-state index contributed by atoms with van der Waals surface area (Å²) in [7, 11) is 5.34. The van der Waals surface area contributed by atoms with Gasteiger partial charge >= 0.3 is 6.03 Å². The van der Waals surface area contributed by atoms with Crippen LogP contribution < -0.4 is 20.4 Å². The molecule has 182 valence electrons. The molecule has 1 atom stereocenters. The van der Waals surface area contributed by atoms with Crippen LogP contribution in [-0.2, 0) is 7.05 Å². The van der Waals surface area contributed by atoms with Crippen LogP contribution in [0.25, 0.3) is 11.3 Å². The van der Waals surface area contributed by atoms with Crippen LogP contribution in [0.3, 0.4) is 0 Å². The summed E-state index contributed by atoms with van der Waals surface area (Å²) in [4.78, 5) is 36.7. The van der Waals surface area contributed by atoms with Crippen LogP contribution in [0, 0.1) is 6.92 Å². The van der Waals surface area contributed by atoms with Crippen molar-refractivity contribution in [2.45, 2.75) is 19.9 Å². The van der Waals surface area contributed by atoms with Crippen LogP contribution in [0.4, 0.5) is 27.8 Å². The number of likely N-dealkylation sites (N-methyl/N-ethyl adjacent to an activating group) is 1. The molecule has 2 aliphatic rings. The molecule has 1 fully saturated rings. The number of carbonyl (C=O) groups excluding carboxylic acids is 2. The highest BCUT2D eigenvalue weighted by Gasteiger charge is 2.34. The van der Waals surface area contributed by atoms with Crippen molar-refractivity contribution in [3.8, 4) is 11.3 Å². The minimum Gasteiger partial charge on any atom is -0.363 e. The van der Waals surface area contributed by atoms with Crippen molar-refractivity contribution in [2.75, 3.05) is 49.3 Å². The fraction of sp³-hybridized carbons (Fsp3) is 0.409. The summed E-state index contributed by atoms with van der Waals surface area (Å²) in [6.07, 6.45) is 0. The van der Waals surface area contributed by atoms with Crippen molar-refractivity contribution in [1.29, 1.82) is 0 Å². The second-order valence-electron chi connectivity index (χ2n) is 8.62. The Bertz CT molecular complexity index is 1460. The van der Waals surface area contributed by atoms with Gasteiger partial charge in [0.2, 0.25) is 0 Å². The summed E-state index contributed by atoms with van der Waals surface area (Å²) in [6.45, 7) is 1.98. The molecule has 0 spiro atoms.